The van der Waals surface area contributed by atoms with Gasteiger partial charge in [-0.05, 0) is 28.8 Å². The zero-order valence-electron chi connectivity index (χ0n) is 11.8. The first-order chi connectivity index (χ1) is 7.76. The minimum absolute atomic E-state index is 0.490. The summed E-state index contributed by atoms with van der Waals surface area (Å²) in [6.45, 7) is 13.2. The molecule has 17 heavy (non-hydrogen) atoms. The molecule has 0 radical (unpaired) electrons. The van der Waals surface area contributed by atoms with Crippen molar-refractivity contribution in [1.29, 1.82) is 0 Å². The van der Waals surface area contributed by atoms with Gasteiger partial charge in [0.15, 0.2) is 0 Å². The van der Waals surface area contributed by atoms with E-state index in [0.717, 1.165) is 0 Å². The minimum Gasteiger partial charge on any atom is -0.313 e. The number of hydrogen-bond acceptors (Lipinski definition) is 2. The van der Waals surface area contributed by atoms with Crippen molar-refractivity contribution in [3.63, 3.8) is 0 Å². The standard InChI is InChI=1S/C14H25NSSi/c1-14(2)9-11(15-10-14)8-12-6-7-13(16-12)17(3,4)5/h6-7,11,15H,8-10H2,1-5H3. The summed E-state index contributed by atoms with van der Waals surface area (Å²) in [7, 11) is -1.10. The number of thiophene rings is 1. The molecule has 2 heterocycles. The number of rotatable bonds is 3. The van der Waals surface area contributed by atoms with Crippen LogP contribution in [0.3, 0.4) is 0 Å². The van der Waals surface area contributed by atoms with E-state index in [0.29, 0.717) is 11.5 Å². The van der Waals surface area contributed by atoms with Crippen LogP contribution in [0.15, 0.2) is 12.1 Å². The number of hydrogen-bond donors (Lipinski definition) is 1. The monoisotopic (exact) mass is 267 g/mol. The maximum absolute atomic E-state index is 3.66. The van der Waals surface area contributed by atoms with Crippen molar-refractivity contribution in [2.24, 2.45) is 5.41 Å². The molecule has 1 fully saturated rings. The van der Waals surface area contributed by atoms with E-state index < -0.39 is 8.07 Å². The van der Waals surface area contributed by atoms with E-state index in [1.165, 1.54) is 19.4 Å². The van der Waals surface area contributed by atoms with Crippen molar-refractivity contribution in [2.45, 2.75) is 52.4 Å². The van der Waals surface area contributed by atoms with Crippen molar-refractivity contribution in [1.82, 2.24) is 5.32 Å². The molecule has 0 aromatic carbocycles. The fourth-order valence-corrected chi connectivity index (χ4v) is 5.55. The molecule has 0 amide bonds. The Labute approximate surface area is 111 Å². The maximum atomic E-state index is 3.66. The third-order valence-corrected chi connectivity index (χ3v) is 8.23. The Kier molecular flexibility index (Phi) is 3.54. The Hall–Kier alpha value is -0.123. The molecule has 1 aliphatic rings. The molecule has 0 saturated carbocycles. The second-order valence-electron chi connectivity index (χ2n) is 7.17. The molecule has 1 aliphatic heterocycles. The molecular weight excluding hydrogens is 242 g/mol. The van der Waals surface area contributed by atoms with E-state index in [-0.39, 0.29) is 0 Å². The lowest BCUT2D eigenvalue weighted by Gasteiger charge is -2.15. The Morgan fingerprint density at radius 2 is 2.06 bits per heavy atom. The average Bonchev–Trinajstić information content (AvgIpc) is 2.72. The largest absolute Gasteiger partial charge is 0.313 e. The van der Waals surface area contributed by atoms with Crippen LogP contribution >= 0.6 is 11.3 Å². The minimum atomic E-state index is -1.10. The fraction of sp³-hybridized carbons (Fsp3) is 0.714. The molecule has 1 nitrogen and oxygen atoms in total. The summed E-state index contributed by atoms with van der Waals surface area (Å²) in [5.74, 6) is 0. The molecule has 1 unspecified atom stereocenters. The van der Waals surface area contributed by atoms with Crippen molar-refractivity contribution in [3.05, 3.63) is 17.0 Å². The van der Waals surface area contributed by atoms with Gasteiger partial charge < -0.3 is 5.32 Å². The first kappa shape index (κ1) is 13.3. The Morgan fingerprint density at radius 3 is 2.53 bits per heavy atom. The summed E-state index contributed by atoms with van der Waals surface area (Å²) in [4.78, 5) is 1.57. The van der Waals surface area contributed by atoms with Gasteiger partial charge in [0.2, 0.25) is 0 Å². The molecule has 0 bridgehead atoms. The van der Waals surface area contributed by atoms with Gasteiger partial charge >= 0.3 is 0 Å². The van der Waals surface area contributed by atoms with Crippen molar-refractivity contribution >= 4 is 23.9 Å². The molecule has 3 heteroatoms. The fourth-order valence-electron chi connectivity index (χ4n) is 2.51. The Bertz CT molecular complexity index is 389. The molecule has 1 saturated heterocycles. The van der Waals surface area contributed by atoms with Gasteiger partial charge in [-0.25, -0.2) is 0 Å². The molecule has 96 valence electrons. The summed E-state index contributed by atoms with van der Waals surface area (Å²) < 4.78 is 1.64. The lowest BCUT2D eigenvalue weighted by molar-refractivity contribution is 0.401. The van der Waals surface area contributed by atoms with Crippen LogP contribution < -0.4 is 9.82 Å². The molecule has 1 N–H and O–H groups in total. The van der Waals surface area contributed by atoms with E-state index in [4.69, 9.17) is 0 Å². The van der Waals surface area contributed by atoms with Crippen molar-refractivity contribution in [3.8, 4) is 0 Å². The molecular formula is C14H25NSSi. The predicted molar refractivity (Wildman–Crippen MR) is 81.2 cm³/mol. The third kappa shape index (κ3) is 3.43. The highest BCUT2D eigenvalue weighted by molar-refractivity contribution is 7.26. The van der Waals surface area contributed by atoms with Gasteiger partial charge in [-0.15, -0.1) is 0 Å². The summed E-state index contributed by atoms with van der Waals surface area (Å²) in [5.41, 5.74) is 0.490. The molecule has 0 spiro atoms. The third-order valence-electron chi connectivity index (χ3n) is 3.52. The topological polar surface area (TPSA) is 12.0 Å². The summed E-state index contributed by atoms with van der Waals surface area (Å²) in [6.07, 6.45) is 2.53. The van der Waals surface area contributed by atoms with Gasteiger partial charge in [-0.1, -0.05) is 39.6 Å². The van der Waals surface area contributed by atoms with E-state index in [1.54, 1.807) is 9.38 Å². The van der Waals surface area contributed by atoms with Gasteiger partial charge in [0.25, 0.3) is 0 Å². The van der Waals surface area contributed by atoms with E-state index >= 15 is 0 Å². The molecule has 1 atom stereocenters. The van der Waals surface area contributed by atoms with Crippen molar-refractivity contribution < 1.29 is 0 Å². The zero-order valence-corrected chi connectivity index (χ0v) is 13.6. The normalized spacial score (nSPS) is 24.2. The van der Waals surface area contributed by atoms with Crippen LogP contribution in [-0.4, -0.2) is 20.7 Å². The molecule has 2 rings (SSSR count). The number of nitrogens with one attached hydrogen (secondary N) is 1. The van der Waals surface area contributed by atoms with Gasteiger partial charge in [-0.2, -0.15) is 11.3 Å². The Balaban J connectivity index is 1.99. The highest BCUT2D eigenvalue weighted by Crippen LogP contribution is 2.29. The van der Waals surface area contributed by atoms with E-state index in [9.17, 15) is 0 Å². The van der Waals surface area contributed by atoms with Gasteiger partial charge in [0.05, 0.1) is 8.07 Å². The summed E-state index contributed by atoms with van der Waals surface area (Å²) in [5, 5.41) is 3.66. The van der Waals surface area contributed by atoms with Crippen LogP contribution in [-0.2, 0) is 6.42 Å². The maximum Gasteiger partial charge on any atom is 0.0904 e. The highest BCUT2D eigenvalue weighted by Gasteiger charge is 2.30. The first-order valence-electron chi connectivity index (χ1n) is 6.59. The average molecular weight is 268 g/mol. The van der Waals surface area contributed by atoms with Crippen LogP contribution in [0.5, 0.6) is 0 Å². The van der Waals surface area contributed by atoms with Crippen LogP contribution in [0, 0.1) is 5.41 Å². The van der Waals surface area contributed by atoms with E-state index in [1.807, 2.05) is 11.3 Å². The van der Waals surface area contributed by atoms with E-state index in [2.05, 4.69) is 50.9 Å². The smallest absolute Gasteiger partial charge is 0.0904 e. The highest BCUT2D eigenvalue weighted by atomic mass is 32.1. The van der Waals surface area contributed by atoms with Gasteiger partial charge in [0, 0.05) is 17.5 Å². The second-order valence-corrected chi connectivity index (χ2v) is 13.7. The van der Waals surface area contributed by atoms with Gasteiger partial charge in [0.1, 0.15) is 0 Å². The van der Waals surface area contributed by atoms with Crippen molar-refractivity contribution in [2.75, 3.05) is 6.54 Å². The molecule has 1 aromatic heterocycles. The van der Waals surface area contributed by atoms with Crippen LogP contribution in [0.1, 0.15) is 25.1 Å². The van der Waals surface area contributed by atoms with Crippen LogP contribution in [0.25, 0.3) is 0 Å². The SMILES string of the molecule is CC1(C)CNC(Cc2ccc([Si](C)(C)C)s2)C1. The quantitative estimate of drug-likeness (QED) is 0.829. The van der Waals surface area contributed by atoms with Gasteiger partial charge in [-0.3, -0.25) is 0 Å². The second kappa shape index (κ2) is 4.52. The first-order valence-corrected chi connectivity index (χ1v) is 10.9. The summed E-state index contributed by atoms with van der Waals surface area (Å²) in [6, 6.07) is 5.41. The predicted octanol–water partition coefficient (Wildman–Crippen LogP) is 3.22. The molecule has 0 aliphatic carbocycles. The Morgan fingerprint density at radius 1 is 1.35 bits per heavy atom. The zero-order chi connectivity index (χ0) is 12.7. The van der Waals surface area contributed by atoms with Crippen LogP contribution in [0.4, 0.5) is 0 Å². The summed E-state index contributed by atoms with van der Waals surface area (Å²) >= 11 is 2.05. The molecule has 1 aromatic rings. The lowest BCUT2D eigenvalue weighted by Crippen LogP contribution is -2.34. The van der Waals surface area contributed by atoms with Crippen LogP contribution in [0.2, 0.25) is 19.6 Å². The lowest BCUT2D eigenvalue weighted by atomic mass is 9.90.